The molecule has 0 fully saturated rings. The van der Waals surface area contributed by atoms with Gasteiger partial charge in [-0.2, -0.15) is 0 Å². The molecule has 1 atom stereocenters. The molecule has 1 aliphatic heterocycles. The molecule has 1 aromatic carbocycles. The number of thioether (sulfide) groups is 1. The third-order valence-corrected chi connectivity index (χ3v) is 6.98. The molecule has 2 aliphatic rings. The lowest BCUT2D eigenvalue weighted by atomic mass is 9.94. The fourth-order valence-corrected chi connectivity index (χ4v) is 5.82. The summed E-state index contributed by atoms with van der Waals surface area (Å²) in [5.41, 5.74) is 2.53. The van der Waals surface area contributed by atoms with E-state index >= 15 is 0 Å². The Morgan fingerprint density at radius 2 is 2.08 bits per heavy atom. The molecule has 1 unspecified atom stereocenters. The molecule has 2 heterocycles. The highest BCUT2D eigenvalue weighted by Gasteiger charge is 2.38. The van der Waals surface area contributed by atoms with Gasteiger partial charge in [0.25, 0.3) is 5.91 Å². The third kappa shape index (κ3) is 3.10. The number of nitrogens with one attached hydrogen (secondary N) is 1. The molecule has 136 valence electrons. The van der Waals surface area contributed by atoms with Crippen LogP contribution in [0.1, 0.15) is 33.6 Å². The van der Waals surface area contributed by atoms with E-state index in [-0.39, 0.29) is 23.1 Å². The first-order valence-electron chi connectivity index (χ1n) is 8.67. The van der Waals surface area contributed by atoms with Crippen LogP contribution in [0.5, 0.6) is 0 Å². The molecular formula is C19H20N2O3S2. The number of fused-ring (bicyclic) bond motifs is 3. The van der Waals surface area contributed by atoms with Gasteiger partial charge in [-0.3, -0.25) is 14.5 Å². The van der Waals surface area contributed by atoms with Crippen molar-refractivity contribution < 1.29 is 14.3 Å². The van der Waals surface area contributed by atoms with Gasteiger partial charge in [-0.05, 0) is 43.4 Å². The molecule has 1 N–H and O–H groups in total. The molecule has 4 rings (SSSR count). The summed E-state index contributed by atoms with van der Waals surface area (Å²) in [7, 11) is 1.38. The minimum Gasteiger partial charge on any atom is -0.468 e. The number of rotatable bonds is 4. The van der Waals surface area contributed by atoms with Gasteiger partial charge < -0.3 is 10.1 Å². The Kier molecular flexibility index (Phi) is 4.91. The van der Waals surface area contributed by atoms with E-state index in [1.54, 1.807) is 16.2 Å². The second-order valence-corrected chi connectivity index (χ2v) is 8.48. The molecule has 1 aromatic heterocycles. The fraction of sp³-hybridized carbons (Fsp3) is 0.368. The molecule has 5 nitrogen and oxygen atoms in total. The lowest BCUT2D eigenvalue weighted by Gasteiger charge is -2.36. The summed E-state index contributed by atoms with van der Waals surface area (Å²) in [4.78, 5) is 28.1. The van der Waals surface area contributed by atoms with Crippen molar-refractivity contribution in [2.24, 2.45) is 0 Å². The predicted molar refractivity (Wildman–Crippen MR) is 106 cm³/mol. The number of carbonyl (C=O) groups is 2. The van der Waals surface area contributed by atoms with Crippen molar-refractivity contribution in [2.75, 3.05) is 23.1 Å². The number of para-hydroxylation sites is 1. The summed E-state index contributed by atoms with van der Waals surface area (Å²) in [6.07, 6.45) is 4.34. The van der Waals surface area contributed by atoms with Crippen LogP contribution in [0.15, 0.2) is 30.3 Å². The van der Waals surface area contributed by atoms with Gasteiger partial charge in [0.15, 0.2) is 5.50 Å². The van der Waals surface area contributed by atoms with E-state index in [9.17, 15) is 9.59 Å². The summed E-state index contributed by atoms with van der Waals surface area (Å²) in [6.45, 7) is 0. The van der Waals surface area contributed by atoms with Crippen LogP contribution < -0.4 is 10.2 Å². The lowest BCUT2D eigenvalue weighted by molar-refractivity contribution is -0.137. The van der Waals surface area contributed by atoms with Gasteiger partial charge in [-0.15, -0.1) is 23.1 Å². The maximum atomic E-state index is 13.4. The smallest absolute Gasteiger partial charge is 0.315 e. The Balaban J connectivity index is 1.72. The van der Waals surface area contributed by atoms with E-state index in [2.05, 4.69) is 5.32 Å². The summed E-state index contributed by atoms with van der Waals surface area (Å²) >= 11 is 3.07. The van der Waals surface area contributed by atoms with Gasteiger partial charge in [-0.1, -0.05) is 18.2 Å². The number of aryl methyl sites for hydroxylation is 1. The zero-order valence-corrected chi connectivity index (χ0v) is 16.1. The summed E-state index contributed by atoms with van der Waals surface area (Å²) in [5, 5.41) is 4.43. The van der Waals surface area contributed by atoms with Crippen LogP contribution in [0.25, 0.3) is 0 Å². The molecule has 1 aliphatic carbocycles. The number of esters is 1. The quantitative estimate of drug-likeness (QED) is 0.806. The number of nitrogens with zero attached hydrogens (tertiary/aromatic N) is 1. The minimum absolute atomic E-state index is 0.0201. The predicted octanol–water partition coefficient (Wildman–Crippen LogP) is 3.89. The van der Waals surface area contributed by atoms with Gasteiger partial charge in [-0.25, -0.2) is 0 Å². The number of ether oxygens (including phenoxy) is 1. The number of hydrogen-bond acceptors (Lipinski definition) is 6. The Hall–Kier alpha value is -1.99. The number of thiophene rings is 1. The van der Waals surface area contributed by atoms with Crippen molar-refractivity contribution >= 4 is 45.7 Å². The Bertz CT molecular complexity index is 835. The first-order chi connectivity index (χ1) is 12.7. The maximum Gasteiger partial charge on any atom is 0.315 e. The topological polar surface area (TPSA) is 58.6 Å². The molecule has 0 bridgehead atoms. The molecule has 26 heavy (non-hydrogen) atoms. The van der Waals surface area contributed by atoms with Gasteiger partial charge in [0.2, 0.25) is 0 Å². The largest absolute Gasteiger partial charge is 0.468 e. The number of methoxy groups -OCH3 is 1. The van der Waals surface area contributed by atoms with E-state index in [0.29, 0.717) is 0 Å². The summed E-state index contributed by atoms with van der Waals surface area (Å²) < 4.78 is 4.76. The van der Waals surface area contributed by atoms with E-state index in [4.69, 9.17) is 4.74 Å². The van der Waals surface area contributed by atoms with Crippen LogP contribution in [0, 0.1) is 0 Å². The van der Waals surface area contributed by atoms with Crippen molar-refractivity contribution in [2.45, 2.75) is 31.2 Å². The van der Waals surface area contributed by atoms with Gasteiger partial charge in [0.05, 0.1) is 18.4 Å². The average Bonchev–Trinajstić information content (AvgIpc) is 3.05. The van der Waals surface area contributed by atoms with E-state index < -0.39 is 0 Å². The van der Waals surface area contributed by atoms with E-state index in [0.717, 1.165) is 35.5 Å². The Labute approximate surface area is 160 Å². The standard InChI is InChI=1S/C19H20N2O3S2/c1-24-15(22)11-25-19-20-17-16(13-9-5-6-10-14(13)26-17)18(23)21(19)12-7-3-2-4-8-12/h2-4,7-8,19-20H,5-6,9-11H2,1H3. The molecular weight excluding hydrogens is 368 g/mol. The van der Waals surface area contributed by atoms with Crippen LogP contribution >= 0.6 is 23.1 Å². The monoisotopic (exact) mass is 388 g/mol. The molecule has 2 aromatic rings. The highest BCUT2D eigenvalue weighted by Crippen LogP contribution is 2.44. The molecule has 0 radical (unpaired) electrons. The van der Waals surface area contributed by atoms with Gasteiger partial charge >= 0.3 is 5.97 Å². The van der Waals surface area contributed by atoms with Crippen LogP contribution in [0.3, 0.4) is 0 Å². The van der Waals surface area contributed by atoms with Crippen LogP contribution in [0.4, 0.5) is 10.7 Å². The zero-order valence-electron chi connectivity index (χ0n) is 14.5. The highest BCUT2D eigenvalue weighted by molar-refractivity contribution is 8.00. The fourth-order valence-electron chi connectivity index (χ4n) is 3.46. The molecule has 0 saturated heterocycles. The second-order valence-electron chi connectivity index (χ2n) is 6.31. The summed E-state index contributed by atoms with van der Waals surface area (Å²) in [6, 6.07) is 9.62. The Morgan fingerprint density at radius 1 is 1.31 bits per heavy atom. The van der Waals surface area contributed by atoms with Gasteiger partial charge in [0, 0.05) is 10.6 Å². The third-order valence-electron chi connectivity index (χ3n) is 4.71. The number of benzene rings is 1. The maximum absolute atomic E-state index is 13.4. The van der Waals surface area contributed by atoms with Crippen molar-refractivity contribution in [3.63, 3.8) is 0 Å². The van der Waals surface area contributed by atoms with Crippen LogP contribution in [0.2, 0.25) is 0 Å². The SMILES string of the molecule is COC(=O)CSC1Nc2sc3c(c2C(=O)N1c1ccccc1)CCCC3. The van der Waals surface area contributed by atoms with Crippen molar-refractivity contribution in [3.05, 3.63) is 46.3 Å². The zero-order chi connectivity index (χ0) is 18.1. The second kappa shape index (κ2) is 7.32. The number of hydrogen-bond donors (Lipinski definition) is 1. The van der Waals surface area contributed by atoms with Crippen molar-refractivity contribution in [1.29, 1.82) is 0 Å². The average molecular weight is 389 g/mol. The lowest BCUT2D eigenvalue weighted by Crippen LogP contribution is -2.47. The number of carbonyl (C=O) groups excluding carboxylic acids is 2. The van der Waals surface area contributed by atoms with Crippen molar-refractivity contribution in [1.82, 2.24) is 0 Å². The van der Waals surface area contributed by atoms with Crippen LogP contribution in [-0.4, -0.2) is 30.2 Å². The first kappa shape index (κ1) is 17.4. The highest BCUT2D eigenvalue weighted by atomic mass is 32.2. The molecule has 1 amide bonds. The first-order valence-corrected chi connectivity index (χ1v) is 10.5. The number of anilines is 2. The molecule has 0 spiro atoms. The minimum atomic E-state index is -0.336. The summed E-state index contributed by atoms with van der Waals surface area (Å²) in [5.74, 6) is -0.0918. The van der Waals surface area contributed by atoms with Crippen LogP contribution in [-0.2, 0) is 22.4 Å². The normalized spacial score (nSPS) is 18.7. The molecule has 7 heteroatoms. The molecule has 0 saturated carbocycles. The Morgan fingerprint density at radius 3 is 2.85 bits per heavy atom. The van der Waals surface area contributed by atoms with E-state index in [1.807, 2.05) is 30.3 Å². The van der Waals surface area contributed by atoms with Crippen molar-refractivity contribution in [3.8, 4) is 0 Å². The number of amides is 1. The van der Waals surface area contributed by atoms with Gasteiger partial charge in [0.1, 0.15) is 5.00 Å². The van der Waals surface area contributed by atoms with E-state index in [1.165, 1.54) is 35.7 Å².